The van der Waals surface area contributed by atoms with Crippen molar-refractivity contribution < 1.29 is 9.53 Å². The Balaban J connectivity index is 2.71. The van der Waals surface area contributed by atoms with E-state index in [4.69, 9.17) is 10.5 Å². The van der Waals surface area contributed by atoms with E-state index in [9.17, 15) is 4.79 Å². The summed E-state index contributed by atoms with van der Waals surface area (Å²) in [5.41, 5.74) is 5.82. The summed E-state index contributed by atoms with van der Waals surface area (Å²) < 4.78 is 5.38. The fourth-order valence-corrected chi connectivity index (χ4v) is 1.83. The first-order valence-electron chi connectivity index (χ1n) is 6.01. The molecule has 4 heteroatoms. The van der Waals surface area contributed by atoms with Crippen molar-refractivity contribution in [2.45, 2.75) is 46.2 Å². The molecule has 1 aliphatic heterocycles. The van der Waals surface area contributed by atoms with E-state index < -0.39 is 6.04 Å². The van der Waals surface area contributed by atoms with Gasteiger partial charge in [-0.2, -0.15) is 0 Å². The molecule has 0 aliphatic carbocycles. The molecule has 1 heterocycles. The van der Waals surface area contributed by atoms with E-state index in [1.54, 1.807) is 0 Å². The van der Waals surface area contributed by atoms with Crippen molar-refractivity contribution >= 4 is 5.91 Å². The molecule has 94 valence electrons. The maximum atomic E-state index is 12.3. The number of ether oxygens (including phenoxy) is 1. The monoisotopic (exact) mass is 228 g/mol. The largest absolute Gasteiger partial charge is 0.377 e. The first-order valence-corrected chi connectivity index (χ1v) is 6.01. The molecule has 1 rings (SSSR count). The van der Waals surface area contributed by atoms with Crippen molar-refractivity contribution in [2.24, 2.45) is 11.1 Å². The van der Waals surface area contributed by atoms with Crippen molar-refractivity contribution in [2.75, 3.05) is 19.8 Å². The third-order valence-corrected chi connectivity index (χ3v) is 3.18. The van der Waals surface area contributed by atoms with E-state index in [0.717, 1.165) is 6.42 Å². The zero-order chi connectivity index (χ0) is 12.3. The highest BCUT2D eigenvalue weighted by molar-refractivity contribution is 5.82. The van der Waals surface area contributed by atoms with Crippen LogP contribution in [-0.2, 0) is 9.53 Å². The number of carbonyl (C=O) groups excluding carboxylic acids is 1. The third-order valence-electron chi connectivity index (χ3n) is 3.18. The molecular weight excluding hydrogens is 204 g/mol. The minimum atomic E-state index is -0.431. The van der Waals surface area contributed by atoms with Gasteiger partial charge in [-0.1, -0.05) is 27.7 Å². The molecule has 1 saturated heterocycles. The number of carbonyl (C=O) groups is 1. The number of rotatable bonds is 2. The molecule has 0 bridgehead atoms. The van der Waals surface area contributed by atoms with Crippen LogP contribution in [0.2, 0.25) is 0 Å². The van der Waals surface area contributed by atoms with Crippen LogP contribution in [-0.4, -0.2) is 42.6 Å². The fourth-order valence-electron chi connectivity index (χ4n) is 1.83. The van der Waals surface area contributed by atoms with E-state index in [0.29, 0.717) is 19.8 Å². The Morgan fingerprint density at radius 1 is 1.56 bits per heavy atom. The van der Waals surface area contributed by atoms with Crippen molar-refractivity contribution in [3.05, 3.63) is 0 Å². The van der Waals surface area contributed by atoms with Gasteiger partial charge in [0.05, 0.1) is 25.3 Å². The Morgan fingerprint density at radius 3 is 2.69 bits per heavy atom. The van der Waals surface area contributed by atoms with Gasteiger partial charge >= 0.3 is 0 Å². The quantitative estimate of drug-likeness (QED) is 0.767. The Morgan fingerprint density at radius 2 is 2.19 bits per heavy atom. The summed E-state index contributed by atoms with van der Waals surface area (Å²) in [4.78, 5) is 14.1. The summed E-state index contributed by atoms with van der Waals surface area (Å²) in [7, 11) is 0. The number of morpholine rings is 1. The molecule has 0 spiro atoms. The third kappa shape index (κ3) is 2.95. The SMILES string of the molecule is CCC1COCCN1C(=O)C(N)C(C)(C)C. The first kappa shape index (κ1) is 13.5. The van der Waals surface area contributed by atoms with Gasteiger partial charge in [0.15, 0.2) is 0 Å². The molecule has 0 saturated carbocycles. The lowest BCUT2D eigenvalue weighted by atomic mass is 9.86. The van der Waals surface area contributed by atoms with Crippen LogP contribution in [0, 0.1) is 5.41 Å². The van der Waals surface area contributed by atoms with E-state index in [1.807, 2.05) is 25.7 Å². The summed E-state index contributed by atoms with van der Waals surface area (Å²) in [6.07, 6.45) is 0.919. The maximum Gasteiger partial charge on any atom is 0.240 e. The van der Waals surface area contributed by atoms with Crippen LogP contribution >= 0.6 is 0 Å². The summed E-state index contributed by atoms with van der Waals surface area (Å²) in [5.74, 6) is 0.0580. The van der Waals surface area contributed by atoms with E-state index in [-0.39, 0.29) is 17.4 Å². The Bertz CT molecular complexity index is 248. The summed E-state index contributed by atoms with van der Waals surface area (Å²) in [5, 5.41) is 0. The Kier molecular flexibility index (Phi) is 4.33. The smallest absolute Gasteiger partial charge is 0.240 e. The predicted octanol–water partition coefficient (Wildman–Crippen LogP) is 0.997. The second kappa shape index (κ2) is 5.15. The number of hydrogen-bond donors (Lipinski definition) is 1. The van der Waals surface area contributed by atoms with Crippen LogP contribution in [0.1, 0.15) is 34.1 Å². The van der Waals surface area contributed by atoms with Gasteiger partial charge in [-0.3, -0.25) is 4.79 Å². The summed E-state index contributed by atoms with van der Waals surface area (Å²) >= 11 is 0. The zero-order valence-corrected chi connectivity index (χ0v) is 10.8. The topological polar surface area (TPSA) is 55.6 Å². The predicted molar refractivity (Wildman–Crippen MR) is 64.0 cm³/mol. The Labute approximate surface area is 98.1 Å². The molecule has 2 unspecified atom stereocenters. The van der Waals surface area contributed by atoms with Gasteiger partial charge in [0, 0.05) is 6.54 Å². The van der Waals surface area contributed by atoms with E-state index >= 15 is 0 Å². The first-order chi connectivity index (χ1) is 7.38. The molecule has 0 aromatic heterocycles. The fraction of sp³-hybridized carbons (Fsp3) is 0.917. The van der Waals surface area contributed by atoms with Gasteiger partial charge in [0.2, 0.25) is 5.91 Å². The van der Waals surface area contributed by atoms with Crippen LogP contribution in [0.4, 0.5) is 0 Å². The second-order valence-corrected chi connectivity index (χ2v) is 5.51. The molecule has 0 aromatic rings. The van der Waals surface area contributed by atoms with Crippen LogP contribution in [0.3, 0.4) is 0 Å². The molecule has 16 heavy (non-hydrogen) atoms. The highest BCUT2D eigenvalue weighted by atomic mass is 16.5. The Hall–Kier alpha value is -0.610. The van der Waals surface area contributed by atoms with Gasteiger partial charge in [-0.05, 0) is 11.8 Å². The molecule has 0 aromatic carbocycles. The molecular formula is C12H24N2O2. The van der Waals surface area contributed by atoms with Gasteiger partial charge in [0.1, 0.15) is 0 Å². The number of nitrogens with two attached hydrogens (primary N) is 1. The van der Waals surface area contributed by atoms with Gasteiger partial charge in [0.25, 0.3) is 0 Å². The van der Waals surface area contributed by atoms with Crippen molar-refractivity contribution in [3.63, 3.8) is 0 Å². The molecule has 1 amide bonds. The number of hydrogen-bond acceptors (Lipinski definition) is 3. The van der Waals surface area contributed by atoms with Crippen LogP contribution < -0.4 is 5.73 Å². The highest BCUT2D eigenvalue weighted by Crippen LogP contribution is 2.21. The molecule has 4 nitrogen and oxygen atoms in total. The highest BCUT2D eigenvalue weighted by Gasteiger charge is 2.34. The van der Waals surface area contributed by atoms with Gasteiger partial charge in [-0.25, -0.2) is 0 Å². The maximum absolute atomic E-state index is 12.3. The van der Waals surface area contributed by atoms with Crippen molar-refractivity contribution in [3.8, 4) is 0 Å². The van der Waals surface area contributed by atoms with Gasteiger partial charge < -0.3 is 15.4 Å². The van der Waals surface area contributed by atoms with Gasteiger partial charge in [-0.15, -0.1) is 0 Å². The lowest BCUT2D eigenvalue weighted by Gasteiger charge is -2.39. The molecule has 1 fully saturated rings. The van der Waals surface area contributed by atoms with Crippen LogP contribution in [0.15, 0.2) is 0 Å². The van der Waals surface area contributed by atoms with E-state index in [2.05, 4.69) is 6.92 Å². The van der Waals surface area contributed by atoms with Crippen LogP contribution in [0.5, 0.6) is 0 Å². The molecule has 0 radical (unpaired) electrons. The molecule has 2 N–H and O–H groups in total. The molecule has 2 atom stereocenters. The standard InChI is InChI=1S/C12H24N2O2/c1-5-9-8-16-7-6-14(9)11(15)10(13)12(2,3)4/h9-10H,5-8,13H2,1-4H3. The number of amides is 1. The second-order valence-electron chi connectivity index (χ2n) is 5.51. The van der Waals surface area contributed by atoms with E-state index in [1.165, 1.54) is 0 Å². The minimum absolute atomic E-state index is 0.0580. The van der Waals surface area contributed by atoms with Crippen LogP contribution in [0.25, 0.3) is 0 Å². The van der Waals surface area contributed by atoms with Crippen molar-refractivity contribution in [1.29, 1.82) is 0 Å². The molecule has 1 aliphatic rings. The lowest BCUT2D eigenvalue weighted by molar-refractivity contribution is -0.143. The average molecular weight is 228 g/mol. The zero-order valence-electron chi connectivity index (χ0n) is 10.8. The average Bonchev–Trinajstić information content (AvgIpc) is 2.25. The van der Waals surface area contributed by atoms with Crippen molar-refractivity contribution in [1.82, 2.24) is 4.90 Å². The summed E-state index contributed by atoms with van der Waals surface area (Å²) in [6.45, 7) is 9.99. The normalized spacial score (nSPS) is 24.3. The summed E-state index contributed by atoms with van der Waals surface area (Å²) in [6, 6.07) is -0.241. The minimum Gasteiger partial charge on any atom is -0.377 e. The number of nitrogens with zero attached hydrogens (tertiary/aromatic N) is 1. The lowest BCUT2D eigenvalue weighted by Crippen LogP contribution is -2.57.